The van der Waals surface area contributed by atoms with E-state index < -0.39 is 23.9 Å². The monoisotopic (exact) mass is 367 g/mol. The Morgan fingerprint density at radius 1 is 0.926 bits per heavy atom. The number of nitrogens with one attached hydrogen (secondary N) is 2. The quantitative estimate of drug-likeness (QED) is 0.612. The third-order valence-corrected chi connectivity index (χ3v) is 3.53. The average Bonchev–Trinajstić information content (AvgIpc) is 2.71. The summed E-state index contributed by atoms with van der Waals surface area (Å²) in [4.78, 5) is 35.4. The molecule has 8 nitrogen and oxygen atoms in total. The van der Waals surface area contributed by atoms with Crippen LogP contribution in [0.15, 0.2) is 48.5 Å². The Morgan fingerprint density at radius 2 is 1.41 bits per heavy atom. The molecule has 8 heteroatoms. The Hall–Kier alpha value is -3.86. The highest BCUT2D eigenvalue weighted by Gasteiger charge is 2.15. The highest BCUT2D eigenvalue weighted by molar-refractivity contribution is 5.99. The lowest BCUT2D eigenvalue weighted by Gasteiger charge is -2.12. The second-order valence-corrected chi connectivity index (χ2v) is 5.41. The predicted octanol–water partition coefficient (Wildman–Crippen LogP) is 1.57. The van der Waals surface area contributed by atoms with Gasteiger partial charge in [-0.1, -0.05) is 0 Å². The summed E-state index contributed by atoms with van der Waals surface area (Å²) in [6.45, 7) is 1.55. The van der Waals surface area contributed by atoms with Gasteiger partial charge in [0, 0.05) is 11.1 Å². The van der Waals surface area contributed by atoms with Gasteiger partial charge in [0.15, 0.2) is 6.10 Å². The zero-order valence-corrected chi connectivity index (χ0v) is 14.7. The second-order valence-electron chi connectivity index (χ2n) is 5.41. The first-order valence-corrected chi connectivity index (χ1v) is 7.90. The molecule has 0 aliphatic heterocycles. The maximum atomic E-state index is 12.1. The Morgan fingerprint density at radius 3 is 1.85 bits per heavy atom. The number of rotatable bonds is 5. The molecule has 0 radical (unpaired) electrons. The van der Waals surface area contributed by atoms with Crippen molar-refractivity contribution in [3.63, 3.8) is 0 Å². The number of nitriles is 1. The van der Waals surface area contributed by atoms with Crippen molar-refractivity contribution >= 4 is 17.8 Å². The smallest absolute Gasteiger partial charge is 0.346 e. The van der Waals surface area contributed by atoms with Crippen molar-refractivity contribution in [2.24, 2.45) is 0 Å². The molecule has 0 bridgehead atoms. The largest absolute Gasteiger partial charge is 0.479 e. The Labute approximate surface area is 155 Å². The number of hydrogen-bond donors (Lipinski definition) is 2. The van der Waals surface area contributed by atoms with Gasteiger partial charge in [-0.15, -0.1) is 0 Å². The van der Waals surface area contributed by atoms with E-state index in [1.807, 2.05) is 6.07 Å². The van der Waals surface area contributed by atoms with Crippen molar-refractivity contribution in [3.05, 3.63) is 65.2 Å². The van der Waals surface area contributed by atoms with E-state index in [4.69, 9.17) is 10.00 Å². The maximum Gasteiger partial charge on any atom is 0.346 e. The van der Waals surface area contributed by atoms with Crippen LogP contribution in [0, 0.1) is 11.3 Å². The summed E-state index contributed by atoms with van der Waals surface area (Å²) in [7, 11) is 1.27. The molecule has 1 atom stereocenters. The third kappa shape index (κ3) is 5.31. The van der Waals surface area contributed by atoms with Crippen LogP contribution in [0.4, 0.5) is 0 Å². The van der Waals surface area contributed by atoms with Crippen LogP contribution in [-0.4, -0.2) is 31.0 Å². The summed E-state index contributed by atoms with van der Waals surface area (Å²) in [6, 6.07) is 14.0. The van der Waals surface area contributed by atoms with Gasteiger partial charge in [0.05, 0.1) is 18.7 Å². The number of esters is 1. The predicted molar refractivity (Wildman–Crippen MR) is 94.6 cm³/mol. The number of hydrazine groups is 1. The molecule has 0 aliphatic rings. The normalized spacial score (nSPS) is 10.9. The van der Waals surface area contributed by atoms with Crippen LogP contribution in [0.1, 0.15) is 33.2 Å². The van der Waals surface area contributed by atoms with Crippen LogP contribution in [-0.2, 0) is 9.53 Å². The third-order valence-electron chi connectivity index (χ3n) is 3.53. The van der Waals surface area contributed by atoms with Gasteiger partial charge in [0.25, 0.3) is 11.8 Å². The first kappa shape index (κ1) is 19.5. The molecular formula is C19H17N3O5. The fourth-order valence-corrected chi connectivity index (χ4v) is 2.06. The van der Waals surface area contributed by atoms with Crippen molar-refractivity contribution < 1.29 is 23.9 Å². The number of carbonyl (C=O) groups excluding carboxylic acids is 3. The van der Waals surface area contributed by atoms with Crippen LogP contribution in [0.25, 0.3) is 0 Å². The molecule has 2 aromatic rings. The number of benzene rings is 2. The van der Waals surface area contributed by atoms with Crippen LogP contribution >= 0.6 is 0 Å². The number of carbonyl (C=O) groups is 3. The van der Waals surface area contributed by atoms with Crippen molar-refractivity contribution in [3.8, 4) is 11.8 Å². The topological polar surface area (TPSA) is 118 Å². The SMILES string of the molecule is COC(=O)C(C)Oc1ccc(C(=O)NNC(=O)c2ccc(C#N)cc2)cc1. The van der Waals surface area contributed by atoms with Crippen molar-refractivity contribution in [1.29, 1.82) is 5.26 Å². The molecule has 0 fully saturated rings. The molecule has 0 saturated heterocycles. The molecule has 1 unspecified atom stereocenters. The first-order valence-electron chi connectivity index (χ1n) is 7.90. The summed E-state index contributed by atoms with van der Waals surface area (Å²) in [5, 5.41) is 8.74. The summed E-state index contributed by atoms with van der Waals surface area (Å²) in [5.74, 6) is -1.15. The van der Waals surface area contributed by atoms with Crippen LogP contribution in [0.2, 0.25) is 0 Å². The van der Waals surface area contributed by atoms with Gasteiger partial charge >= 0.3 is 5.97 Å². The van der Waals surface area contributed by atoms with Gasteiger partial charge < -0.3 is 9.47 Å². The van der Waals surface area contributed by atoms with Gasteiger partial charge in [0.2, 0.25) is 0 Å². The van der Waals surface area contributed by atoms with E-state index in [2.05, 4.69) is 15.6 Å². The van der Waals surface area contributed by atoms with E-state index in [1.165, 1.54) is 55.6 Å². The average molecular weight is 367 g/mol. The lowest BCUT2D eigenvalue weighted by atomic mass is 10.1. The number of amides is 2. The minimum Gasteiger partial charge on any atom is -0.479 e. The summed E-state index contributed by atoms with van der Waals surface area (Å²) in [6.07, 6.45) is -0.776. The Balaban J connectivity index is 1.91. The molecule has 2 aromatic carbocycles. The maximum absolute atomic E-state index is 12.1. The molecule has 2 rings (SSSR count). The van der Waals surface area contributed by atoms with Crippen LogP contribution in [0.5, 0.6) is 5.75 Å². The second kappa shape index (κ2) is 9.01. The number of nitrogens with zero attached hydrogens (tertiary/aromatic N) is 1. The number of methoxy groups -OCH3 is 1. The number of ether oxygens (including phenoxy) is 2. The van der Waals surface area contributed by atoms with E-state index in [0.29, 0.717) is 16.9 Å². The molecule has 138 valence electrons. The summed E-state index contributed by atoms with van der Waals surface area (Å²) >= 11 is 0. The highest BCUT2D eigenvalue weighted by atomic mass is 16.6. The molecule has 2 N–H and O–H groups in total. The number of hydrogen-bond acceptors (Lipinski definition) is 6. The molecule has 0 heterocycles. The van der Waals surface area contributed by atoms with Gasteiger partial charge in [-0.3, -0.25) is 20.4 Å². The minimum absolute atomic E-state index is 0.285. The fraction of sp³-hybridized carbons (Fsp3) is 0.158. The van der Waals surface area contributed by atoms with Gasteiger partial charge in [-0.25, -0.2) is 4.79 Å². The van der Waals surface area contributed by atoms with E-state index >= 15 is 0 Å². The van der Waals surface area contributed by atoms with E-state index in [1.54, 1.807) is 6.92 Å². The first-order chi connectivity index (χ1) is 12.9. The molecule has 0 aromatic heterocycles. The van der Waals surface area contributed by atoms with Crippen molar-refractivity contribution in [2.75, 3.05) is 7.11 Å². The zero-order valence-electron chi connectivity index (χ0n) is 14.7. The lowest BCUT2D eigenvalue weighted by Crippen LogP contribution is -2.41. The van der Waals surface area contributed by atoms with Gasteiger partial charge in [0.1, 0.15) is 5.75 Å². The highest BCUT2D eigenvalue weighted by Crippen LogP contribution is 2.14. The van der Waals surface area contributed by atoms with Crippen molar-refractivity contribution in [1.82, 2.24) is 10.9 Å². The van der Waals surface area contributed by atoms with Crippen LogP contribution < -0.4 is 15.6 Å². The van der Waals surface area contributed by atoms with Gasteiger partial charge in [-0.2, -0.15) is 5.26 Å². The molecule has 0 saturated carbocycles. The minimum atomic E-state index is -0.776. The standard InChI is InChI=1S/C19H17N3O5/c1-12(19(25)26-2)27-16-9-7-15(8-10-16)18(24)22-21-17(23)14-5-3-13(11-20)4-6-14/h3-10,12H,1-2H3,(H,21,23)(H,22,24). The fourth-order valence-electron chi connectivity index (χ4n) is 2.06. The van der Waals surface area contributed by atoms with Crippen molar-refractivity contribution in [2.45, 2.75) is 13.0 Å². The molecular weight excluding hydrogens is 350 g/mol. The van der Waals surface area contributed by atoms with E-state index in [9.17, 15) is 14.4 Å². The van der Waals surface area contributed by atoms with E-state index in [0.717, 1.165) is 0 Å². The zero-order chi connectivity index (χ0) is 19.8. The van der Waals surface area contributed by atoms with Gasteiger partial charge in [-0.05, 0) is 55.5 Å². The lowest BCUT2D eigenvalue weighted by molar-refractivity contribution is -0.147. The Kier molecular flexibility index (Phi) is 6.49. The Bertz CT molecular complexity index is 870. The van der Waals surface area contributed by atoms with Crippen LogP contribution in [0.3, 0.4) is 0 Å². The molecule has 0 spiro atoms. The summed E-state index contributed by atoms with van der Waals surface area (Å²) in [5.41, 5.74) is 5.60. The molecule has 0 aliphatic carbocycles. The molecule has 2 amide bonds. The van der Waals surface area contributed by atoms with E-state index in [-0.39, 0.29) is 5.56 Å². The summed E-state index contributed by atoms with van der Waals surface area (Å²) < 4.78 is 9.94. The molecule has 27 heavy (non-hydrogen) atoms.